The molecule has 1 atom stereocenters. The monoisotopic (exact) mass is 455 g/mol. The summed E-state index contributed by atoms with van der Waals surface area (Å²) in [5.74, 6) is -1.79. The van der Waals surface area contributed by atoms with Crippen molar-refractivity contribution in [3.63, 3.8) is 0 Å². The third kappa shape index (κ3) is 5.02. The van der Waals surface area contributed by atoms with E-state index in [1.807, 2.05) is 0 Å². The number of hydrazone groups is 1. The van der Waals surface area contributed by atoms with Gasteiger partial charge in [0.1, 0.15) is 11.3 Å². The standard InChI is InChI=1S/C19H25N3O8S/c1-7-14(23)30-22-16(24)19(5,21(26)17(25)29-18(2,3)4)15(20-22)12-8-10-13(11-9-12)31(6,27)28/h8-11,26H,7H2,1-6H3. The molecular weight excluding hydrogens is 430 g/mol. The molecule has 0 saturated carbocycles. The summed E-state index contributed by atoms with van der Waals surface area (Å²) in [4.78, 5) is 42.1. The Labute approximate surface area is 180 Å². The Morgan fingerprint density at radius 1 is 1.23 bits per heavy atom. The summed E-state index contributed by atoms with van der Waals surface area (Å²) in [5, 5.41) is 15.1. The Hall–Kier alpha value is -2.99. The molecule has 0 spiro atoms. The summed E-state index contributed by atoms with van der Waals surface area (Å²) < 4.78 is 28.6. The summed E-state index contributed by atoms with van der Waals surface area (Å²) in [6, 6.07) is 5.28. The maximum atomic E-state index is 13.0. The van der Waals surface area contributed by atoms with E-state index in [-0.39, 0.29) is 27.7 Å². The Morgan fingerprint density at radius 2 is 1.77 bits per heavy atom. The Balaban J connectivity index is 2.55. The predicted molar refractivity (Wildman–Crippen MR) is 108 cm³/mol. The van der Waals surface area contributed by atoms with Crippen LogP contribution in [-0.4, -0.2) is 64.9 Å². The first-order valence-corrected chi connectivity index (χ1v) is 11.2. The van der Waals surface area contributed by atoms with Crippen molar-refractivity contribution in [3.05, 3.63) is 29.8 Å². The van der Waals surface area contributed by atoms with E-state index in [2.05, 4.69) is 5.10 Å². The Morgan fingerprint density at radius 3 is 2.23 bits per heavy atom. The zero-order valence-corrected chi connectivity index (χ0v) is 18.9. The predicted octanol–water partition coefficient (Wildman–Crippen LogP) is 1.89. The zero-order valence-electron chi connectivity index (χ0n) is 18.1. The van der Waals surface area contributed by atoms with Crippen molar-refractivity contribution >= 4 is 33.5 Å². The SMILES string of the molecule is CCC(=O)ON1N=C(c2ccc(S(C)(=O)=O)cc2)C(C)(N(O)C(=O)OC(C)(C)C)C1=O. The van der Waals surface area contributed by atoms with Gasteiger partial charge in [0, 0.05) is 18.2 Å². The van der Waals surface area contributed by atoms with Gasteiger partial charge in [-0.3, -0.25) is 10.0 Å². The minimum atomic E-state index is -3.48. The molecule has 1 unspecified atom stereocenters. The average molecular weight is 455 g/mol. The fraction of sp³-hybridized carbons (Fsp3) is 0.474. The second kappa shape index (κ2) is 8.27. The second-order valence-electron chi connectivity index (χ2n) is 8.00. The van der Waals surface area contributed by atoms with Crippen molar-refractivity contribution in [3.8, 4) is 0 Å². The molecule has 2 amide bonds. The molecule has 31 heavy (non-hydrogen) atoms. The first kappa shape index (κ1) is 24.3. The number of rotatable bonds is 5. The molecule has 12 heteroatoms. The maximum absolute atomic E-state index is 13.0. The zero-order chi connectivity index (χ0) is 23.8. The lowest BCUT2D eigenvalue weighted by atomic mass is 9.90. The van der Waals surface area contributed by atoms with Crippen LogP contribution < -0.4 is 0 Å². The van der Waals surface area contributed by atoms with E-state index >= 15 is 0 Å². The number of hydroxylamine groups is 3. The fourth-order valence-corrected chi connectivity index (χ4v) is 3.25. The molecule has 1 N–H and O–H groups in total. The molecule has 2 rings (SSSR count). The van der Waals surface area contributed by atoms with Gasteiger partial charge in [0.2, 0.25) is 0 Å². The van der Waals surface area contributed by atoms with Gasteiger partial charge in [0.15, 0.2) is 15.4 Å². The van der Waals surface area contributed by atoms with Crippen LogP contribution in [0.2, 0.25) is 0 Å². The van der Waals surface area contributed by atoms with E-state index in [4.69, 9.17) is 9.57 Å². The number of nitrogens with zero attached hydrogens (tertiary/aromatic N) is 3. The normalized spacial score (nSPS) is 19.1. The largest absolute Gasteiger partial charge is 0.442 e. The summed E-state index contributed by atoms with van der Waals surface area (Å²) in [7, 11) is -3.48. The minimum absolute atomic E-state index is 0.0186. The lowest BCUT2D eigenvalue weighted by Crippen LogP contribution is -2.59. The molecule has 1 aromatic rings. The number of amides is 2. The lowest BCUT2D eigenvalue weighted by molar-refractivity contribution is -0.206. The van der Waals surface area contributed by atoms with Crippen LogP contribution in [0, 0.1) is 0 Å². The molecule has 0 aliphatic carbocycles. The molecule has 0 bridgehead atoms. The van der Waals surface area contributed by atoms with Gasteiger partial charge in [0.05, 0.1) is 4.90 Å². The first-order chi connectivity index (χ1) is 14.1. The van der Waals surface area contributed by atoms with Crippen LogP contribution >= 0.6 is 0 Å². The van der Waals surface area contributed by atoms with Crippen molar-refractivity contribution in [1.29, 1.82) is 0 Å². The van der Waals surface area contributed by atoms with E-state index in [1.165, 1.54) is 38.1 Å². The Kier molecular flexibility index (Phi) is 6.48. The third-order valence-corrected chi connectivity index (χ3v) is 5.39. The van der Waals surface area contributed by atoms with Crippen molar-refractivity contribution in [2.45, 2.75) is 57.1 Å². The number of ether oxygens (including phenoxy) is 1. The second-order valence-corrected chi connectivity index (χ2v) is 10.0. The van der Waals surface area contributed by atoms with Crippen LogP contribution in [0.1, 0.15) is 46.6 Å². The topological polar surface area (TPSA) is 143 Å². The molecule has 11 nitrogen and oxygen atoms in total. The van der Waals surface area contributed by atoms with E-state index in [1.54, 1.807) is 20.8 Å². The number of carbonyl (C=O) groups excluding carboxylic acids is 3. The van der Waals surface area contributed by atoms with E-state index < -0.39 is 38.9 Å². The first-order valence-electron chi connectivity index (χ1n) is 9.28. The average Bonchev–Trinajstić information content (AvgIpc) is 2.91. The van der Waals surface area contributed by atoms with Crippen LogP contribution in [0.4, 0.5) is 4.79 Å². The number of hydrogen-bond donors (Lipinski definition) is 1. The maximum Gasteiger partial charge on any atom is 0.435 e. The summed E-state index contributed by atoms with van der Waals surface area (Å²) in [5.41, 5.74) is -3.04. The minimum Gasteiger partial charge on any atom is -0.442 e. The van der Waals surface area contributed by atoms with Gasteiger partial charge >= 0.3 is 18.0 Å². The van der Waals surface area contributed by atoms with Crippen molar-refractivity contribution in [2.75, 3.05) is 6.26 Å². The number of carbonyl (C=O) groups is 3. The highest BCUT2D eigenvalue weighted by Crippen LogP contribution is 2.31. The van der Waals surface area contributed by atoms with Gasteiger partial charge in [-0.2, -0.15) is 5.06 Å². The molecule has 1 aliphatic rings. The van der Waals surface area contributed by atoms with Gasteiger partial charge in [-0.25, -0.2) is 18.0 Å². The highest BCUT2D eigenvalue weighted by atomic mass is 32.2. The quantitative estimate of drug-likeness (QED) is 0.524. The van der Waals surface area contributed by atoms with Gasteiger partial charge < -0.3 is 9.57 Å². The molecule has 170 valence electrons. The number of sulfone groups is 1. The molecule has 1 aromatic carbocycles. The van der Waals surface area contributed by atoms with Crippen LogP contribution in [0.15, 0.2) is 34.3 Å². The summed E-state index contributed by atoms with van der Waals surface area (Å²) in [6.07, 6.45) is -0.247. The van der Waals surface area contributed by atoms with Crippen molar-refractivity contribution in [1.82, 2.24) is 10.2 Å². The van der Waals surface area contributed by atoms with Crippen LogP contribution in [0.25, 0.3) is 0 Å². The molecule has 0 radical (unpaired) electrons. The van der Waals surface area contributed by atoms with Gasteiger partial charge in [-0.05, 0) is 45.0 Å². The van der Waals surface area contributed by atoms with Gasteiger partial charge in [-0.15, -0.1) is 5.10 Å². The molecular formula is C19H25N3O8S. The number of benzene rings is 1. The van der Waals surface area contributed by atoms with E-state index in [0.29, 0.717) is 5.17 Å². The van der Waals surface area contributed by atoms with Crippen molar-refractivity contribution in [2.24, 2.45) is 5.10 Å². The third-order valence-electron chi connectivity index (χ3n) is 4.27. The highest BCUT2D eigenvalue weighted by molar-refractivity contribution is 7.90. The van der Waals surface area contributed by atoms with Gasteiger partial charge in [-0.1, -0.05) is 19.1 Å². The molecule has 0 saturated heterocycles. The number of hydrogen-bond acceptors (Lipinski definition) is 9. The highest BCUT2D eigenvalue weighted by Gasteiger charge is 2.56. The van der Waals surface area contributed by atoms with Crippen LogP contribution in [-0.2, 0) is 29.0 Å². The van der Waals surface area contributed by atoms with E-state index in [9.17, 15) is 28.0 Å². The summed E-state index contributed by atoms with van der Waals surface area (Å²) >= 11 is 0. The fourth-order valence-electron chi connectivity index (χ4n) is 2.62. The van der Waals surface area contributed by atoms with Gasteiger partial charge in [0.25, 0.3) is 0 Å². The smallest absolute Gasteiger partial charge is 0.435 e. The lowest BCUT2D eigenvalue weighted by Gasteiger charge is -2.33. The van der Waals surface area contributed by atoms with Crippen molar-refractivity contribution < 1.29 is 37.6 Å². The molecule has 0 aromatic heterocycles. The Bertz CT molecular complexity index is 1030. The summed E-state index contributed by atoms with van der Waals surface area (Å²) in [6.45, 7) is 7.43. The van der Waals surface area contributed by atoms with Crippen LogP contribution in [0.5, 0.6) is 0 Å². The van der Waals surface area contributed by atoms with Crippen LogP contribution in [0.3, 0.4) is 0 Å². The molecule has 1 heterocycles. The molecule has 0 fully saturated rings. The molecule has 1 aliphatic heterocycles. The van der Waals surface area contributed by atoms with E-state index in [0.717, 1.165) is 6.26 Å².